The van der Waals surface area contributed by atoms with Crippen LogP contribution >= 0.6 is 0 Å². The molecule has 0 saturated carbocycles. The molecule has 12 rings (SSSR count). The first-order valence-corrected chi connectivity index (χ1v) is 43.6. The van der Waals surface area contributed by atoms with Gasteiger partial charge in [-0.3, -0.25) is 28.8 Å². The summed E-state index contributed by atoms with van der Waals surface area (Å²) in [7, 11) is 11.3. The molecule has 0 spiro atoms. The number of amides is 6. The monoisotopic (exact) mass is 1550 g/mol. The molecule has 0 aromatic carbocycles. The summed E-state index contributed by atoms with van der Waals surface area (Å²) in [4.78, 5) is 86.9. The molecule has 0 aliphatic carbocycles. The molecule has 12 saturated heterocycles. The SMILES string of the molecule is CNC1CC(C)(C)CCN(CC2CCCCCO2)C1=O.CNC1CC(C)(C)CCN(CC2CCCCCO2)C1=O.CNC1CC(C)(C)CCN(CC2CCCCO2)C1=O.CNC1CC(C)(C)CCN(CC2CCCO2)C1=O.CNC1CC(C)(C)CCN(CC2CCO2)C1=O.CNC1CC(C)(C)CCN(CC2CO2)C1=O. The van der Waals surface area contributed by atoms with Gasteiger partial charge < -0.3 is 89.7 Å². The maximum absolute atomic E-state index is 12.6. The largest absolute Gasteiger partial charge is 0.376 e. The Labute approximate surface area is 666 Å². The van der Waals surface area contributed by atoms with Crippen LogP contribution in [0.1, 0.15) is 250 Å². The smallest absolute Gasteiger partial charge is 0.239 e. The molecule has 636 valence electrons. The van der Waals surface area contributed by atoms with Crippen molar-refractivity contribution in [3.63, 3.8) is 0 Å². The number of likely N-dealkylation sites (tertiary alicyclic amines) is 6. The Kier molecular flexibility index (Phi) is 37.9. The minimum Gasteiger partial charge on any atom is -0.376 e. The molecule has 12 fully saturated rings. The number of nitrogens with zero attached hydrogens (tertiary/aromatic N) is 6. The molecule has 6 N–H and O–H groups in total. The molecule has 12 aliphatic heterocycles. The molecule has 6 amide bonds. The summed E-state index contributed by atoms with van der Waals surface area (Å²) in [5.41, 5.74) is 1.38. The second kappa shape index (κ2) is 44.6. The van der Waals surface area contributed by atoms with Gasteiger partial charge in [-0.05, 0) is 216 Å². The van der Waals surface area contributed by atoms with E-state index in [1.165, 1.54) is 32.1 Å². The van der Waals surface area contributed by atoms with Gasteiger partial charge in [0.2, 0.25) is 35.4 Å². The van der Waals surface area contributed by atoms with Crippen LogP contribution in [-0.2, 0) is 57.2 Å². The molecule has 0 aromatic heterocycles. The number of ether oxygens (including phenoxy) is 6. The zero-order valence-corrected chi connectivity index (χ0v) is 72.6. The van der Waals surface area contributed by atoms with E-state index in [-0.39, 0.29) is 135 Å². The molecule has 12 atom stereocenters. The Hall–Kier alpha value is -3.66. The lowest BCUT2D eigenvalue weighted by Gasteiger charge is -2.33. The van der Waals surface area contributed by atoms with E-state index in [2.05, 4.69) is 115 Å². The van der Waals surface area contributed by atoms with Gasteiger partial charge in [-0.1, -0.05) is 109 Å². The fourth-order valence-corrected chi connectivity index (χ4v) is 17.6. The van der Waals surface area contributed by atoms with Crippen LogP contribution in [0.15, 0.2) is 0 Å². The molecule has 24 heteroatoms. The van der Waals surface area contributed by atoms with Crippen molar-refractivity contribution in [1.29, 1.82) is 0 Å². The zero-order chi connectivity index (χ0) is 80.5. The lowest BCUT2D eigenvalue weighted by molar-refractivity contribution is -0.138. The van der Waals surface area contributed by atoms with Crippen molar-refractivity contribution in [1.82, 2.24) is 61.3 Å². The van der Waals surface area contributed by atoms with Gasteiger partial charge in [-0.15, -0.1) is 0 Å². The van der Waals surface area contributed by atoms with E-state index in [0.29, 0.717) is 6.10 Å². The third kappa shape index (κ3) is 31.4. The molecule has 24 nitrogen and oxygen atoms in total. The van der Waals surface area contributed by atoms with Gasteiger partial charge in [0.15, 0.2) is 0 Å². The van der Waals surface area contributed by atoms with E-state index >= 15 is 0 Å². The van der Waals surface area contributed by atoms with Crippen LogP contribution in [0.3, 0.4) is 0 Å². The van der Waals surface area contributed by atoms with E-state index in [0.717, 1.165) is 253 Å². The second-order valence-corrected chi connectivity index (χ2v) is 39.0. The molecular formula is C86H160N12O12. The van der Waals surface area contributed by atoms with Gasteiger partial charge in [-0.25, -0.2) is 0 Å². The number of hydrogen-bond donors (Lipinski definition) is 6. The lowest BCUT2D eigenvalue weighted by Crippen LogP contribution is -2.49. The number of epoxide rings is 1. The first kappa shape index (κ1) is 93.5. The zero-order valence-electron chi connectivity index (χ0n) is 72.6. The van der Waals surface area contributed by atoms with Crippen molar-refractivity contribution < 1.29 is 57.2 Å². The summed E-state index contributed by atoms with van der Waals surface area (Å²) < 4.78 is 33.9. The maximum Gasteiger partial charge on any atom is 0.239 e. The number of nitrogens with one attached hydrogen (secondary N) is 6. The number of likely N-dealkylation sites (N-methyl/N-ethyl adjacent to an activating group) is 6. The summed E-state index contributed by atoms with van der Waals surface area (Å²) in [5.74, 6) is 1.50. The topological polar surface area (TPSA) is 253 Å². The summed E-state index contributed by atoms with van der Waals surface area (Å²) in [6.07, 6.45) is 29.8. The summed E-state index contributed by atoms with van der Waals surface area (Å²) in [6, 6.07) is -0.231. The molecule has 0 radical (unpaired) electrons. The van der Waals surface area contributed by atoms with E-state index in [4.69, 9.17) is 28.4 Å². The van der Waals surface area contributed by atoms with Crippen LogP contribution in [0.4, 0.5) is 0 Å². The summed E-state index contributed by atoms with van der Waals surface area (Å²) in [5, 5.41) is 19.0. The van der Waals surface area contributed by atoms with Crippen LogP contribution in [-0.4, -0.2) is 298 Å². The van der Waals surface area contributed by atoms with Gasteiger partial charge in [-0.2, -0.15) is 0 Å². The number of hydrogen-bond acceptors (Lipinski definition) is 18. The van der Waals surface area contributed by atoms with Crippen LogP contribution in [0, 0.1) is 32.5 Å². The van der Waals surface area contributed by atoms with Crippen molar-refractivity contribution in [3.8, 4) is 0 Å². The minimum atomic E-state index is -0.0433. The third-order valence-electron chi connectivity index (χ3n) is 25.7. The Morgan fingerprint density at radius 1 is 0.255 bits per heavy atom. The highest BCUT2D eigenvalue weighted by molar-refractivity contribution is 5.85. The van der Waals surface area contributed by atoms with Crippen molar-refractivity contribution in [3.05, 3.63) is 0 Å². The van der Waals surface area contributed by atoms with Crippen molar-refractivity contribution in [2.45, 2.75) is 323 Å². The number of carbonyl (C=O) groups is 6. The van der Waals surface area contributed by atoms with Crippen molar-refractivity contribution in [2.75, 3.05) is 160 Å². The van der Waals surface area contributed by atoms with Gasteiger partial charge in [0.1, 0.15) is 0 Å². The highest BCUT2D eigenvalue weighted by Gasteiger charge is 2.43. The van der Waals surface area contributed by atoms with E-state index in [1.807, 2.05) is 71.7 Å². The van der Waals surface area contributed by atoms with Crippen LogP contribution < -0.4 is 31.9 Å². The Balaban J connectivity index is 0.000000184. The van der Waals surface area contributed by atoms with Crippen molar-refractivity contribution >= 4 is 35.4 Å². The van der Waals surface area contributed by atoms with E-state index < -0.39 is 0 Å². The maximum atomic E-state index is 12.6. The van der Waals surface area contributed by atoms with Gasteiger partial charge in [0.05, 0.1) is 79.5 Å². The third-order valence-corrected chi connectivity index (χ3v) is 25.7. The lowest BCUT2D eigenvalue weighted by atomic mass is 9.83. The van der Waals surface area contributed by atoms with Crippen LogP contribution in [0.5, 0.6) is 0 Å². The quantitative estimate of drug-likeness (QED) is 0.0700. The summed E-state index contributed by atoms with van der Waals surface area (Å²) in [6.45, 7) is 41.9. The Morgan fingerprint density at radius 2 is 0.436 bits per heavy atom. The molecule has 12 unspecified atom stereocenters. The first-order chi connectivity index (χ1) is 52.1. The van der Waals surface area contributed by atoms with Gasteiger partial charge in [0.25, 0.3) is 0 Å². The average molecular weight is 1550 g/mol. The molecule has 12 aliphatic rings. The molecular weight excluding hydrogens is 1390 g/mol. The normalized spacial score (nSPS) is 32.5. The Morgan fingerprint density at radius 3 is 0.618 bits per heavy atom. The van der Waals surface area contributed by atoms with Gasteiger partial charge >= 0.3 is 0 Å². The predicted molar refractivity (Wildman–Crippen MR) is 438 cm³/mol. The number of carbonyl (C=O) groups excluding carboxylic acids is 6. The van der Waals surface area contributed by atoms with E-state index in [1.54, 1.807) is 0 Å². The summed E-state index contributed by atoms with van der Waals surface area (Å²) >= 11 is 0. The minimum absolute atomic E-state index is 0.0313. The number of rotatable bonds is 18. The highest BCUT2D eigenvalue weighted by atomic mass is 16.6. The average Bonchev–Trinajstić information content (AvgIpc) is 1.75. The predicted octanol–water partition coefficient (Wildman–Crippen LogP) is 9.19. The molecule has 0 bridgehead atoms. The fraction of sp³-hybridized carbons (Fsp3) is 0.930. The van der Waals surface area contributed by atoms with Crippen molar-refractivity contribution in [2.24, 2.45) is 32.5 Å². The van der Waals surface area contributed by atoms with E-state index in [9.17, 15) is 28.8 Å². The Bertz CT molecular complexity index is 2690. The molecule has 0 aromatic rings. The highest BCUT2D eigenvalue weighted by Crippen LogP contribution is 2.37. The molecule has 110 heavy (non-hydrogen) atoms. The van der Waals surface area contributed by atoms with Gasteiger partial charge in [0, 0.05) is 112 Å². The molecule has 12 heterocycles. The second-order valence-electron chi connectivity index (χ2n) is 39.0. The first-order valence-electron chi connectivity index (χ1n) is 43.6. The van der Waals surface area contributed by atoms with Crippen LogP contribution in [0.2, 0.25) is 0 Å². The van der Waals surface area contributed by atoms with Crippen LogP contribution in [0.25, 0.3) is 0 Å². The standard InChI is InChI=1S/2C16H30N2O2.C15H28N2O2.C14H26N2O2.C13H24N2O2.C12H22N2O2/c2*1-16(2)8-9-18(15(19)14(11-16)17-3)12-13-7-5-4-6-10-20-13;1-15(2)7-8-17(14(18)13(10-15)16-3)11-12-6-4-5-9-19-12;1-14(2)6-7-16(10-11-5-4-8-18-11)13(17)12(9-14)15-3;1-13(2)5-6-15(9-10-4-7-17-10)12(16)11(8-13)14-3;1-12(2)4-5-14(7-9-8-16-9)11(15)10(6-12)13-3/h2*13-14,17H,4-12H2,1-3H3;12-13,16H,4-11H2,1-3H3;11-12,15H,4-10H2,1-3H3;10-11,14H,4-9H2,1-3H3;9-10,13H,4-8H2,1-3H3. The fourth-order valence-electron chi connectivity index (χ4n) is 17.6.